The van der Waals surface area contributed by atoms with Crippen LogP contribution >= 0.6 is 0 Å². The van der Waals surface area contributed by atoms with Gasteiger partial charge in [0.25, 0.3) is 5.91 Å². The van der Waals surface area contributed by atoms with Gasteiger partial charge in [0.1, 0.15) is 5.82 Å². The van der Waals surface area contributed by atoms with Crippen molar-refractivity contribution in [3.05, 3.63) is 76.4 Å². The lowest BCUT2D eigenvalue weighted by atomic mass is 9.98. The molecule has 0 saturated heterocycles. The Hall–Kier alpha value is -3.08. The maximum Gasteiger partial charge on any atom is 0.257 e. The Morgan fingerprint density at radius 3 is 2.67 bits per heavy atom. The van der Waals surface area contributed by atoms with E-state index < -0.39 is 0 Å². The topological polar surface area (TPSA) is 54.9 Å². The summed E-state index contributed by atoms with van der Waals surface area (Å²) in [5, 5.41) is 2.76. The van der Waals surface area contributed by atoms with Crippen molar-refractivity contribution >= 4 is 11.7 Å². The van der Waals surface area contributed by atoms with Gasteiger partial charge in [0.15, 0.2) is 5.82 Å². The summed E-state index contributed by atoms with van der Waals surface area (Å²) >= 11 is 0. The summed E-state index contributed by atoms with van der Waals surface area (Å²) in [7, 11) is 0. The molecule has 0 aliphatic heterocycles. The van der Waals surface area contributed by atoms with Crippen LogP contribution in [0.5, 0.6) is 0 Å². The molecule has 0 fully saturated rings. The maximum atomic E-state index is 14.6. The Kier molecular flexibility index (Phi) is 4.44. The first-order valence-electron chi connectivity index (χ1n) is 9.05. The molecule has 136 valence electrons. The Morgan fingerprint density at radius 2 is 1.93 bits per heavy atom. The van der Waals surface area contributed by atoms with Crippen LogP contribution in [0.15, 0.2) is 42.7 Å². The first-order valence-corrected chi connectivity index (χ1v) is 9.05. The lowest BCUT2D eigenvalue weighted by molar-refractivity contribution is 0.102. The lowest BCUT2D eigenvalue weighted by Crippen LogP contribution is -2.14. The number of fused-ring (bicyclic) bond motifs is 1. The molecule has 1 amide bonds. The van der Waals surface area contributed by atoms with Crippen molar-refractivity contribution in [2.24, 2.45) is 0 Å². The van der Waals surface area contributed by atoms with Crippen LogP contribution in [0.2, 0.25) is 0 Å². The van der Waals surface area contributed by atoms with Crippen LogP contribution in [-0.2, 0) is 12.8 Å². The first-order chi connectivity index (χ1) is 13.0. The fraction of sp³-hybridized carbons (Fsp3) is 0.227. The third-order valence-electron chi connectivity index (χ3n) is 5.14. The zero-order valence-electron chi connectivity index (χ0n) is 15.3. The van der Waals surface area contributed by atoms with Crippen molar-refractivity contribution in [3.8, 4) is 11.3 Å². The molecule has 27 heavy (non-hydrogen) atoms. The van der Waals surface area contributed by atoms with Crippen molar-refractivity contribution in [2.75, 3.05) is 5.32 Å². The molecule has 1 aromatic heterocycles. The number of nitrogens with zero attached hydrogens (tertiary/aromatic N) is 2. The van der Waals surface area contributed by atoms with Crippen LogP contribution in [0.25, 0.3) is 11.3 Å². The number of amides is 1. The Morgan fingerprint density at radius 1 is 1.11 bits per heavy atom. The molecule has 0 spiro atoms. The van der Waals surface area contributed by atoms with E-state index in [1.807, 2.05) is 31.2 Å². The molecular formula is C22H20FN3O. The Balaban J connectivity index is 1.59. The molecule has 0 bridgehead atoms. The van der Waals surface area contributed by atoms with E-state index in [4.69, 9.17) is 0 Å². The number of carbonyl (C=O) groups is 1. The predicted molar refractivity (Wildman–Crippen MR) is 103 cm³/mol. The third-order valence-corrected chi connectivity index (χ3v) is 5.14. The minimum Gasteiger partial charge on any atom is -0.305 e. The van der Waals surface area contributed by atoms with E-state index in [2.05, 4.69) is 15.3 Å². The fourth-order valence-electron chi connectivity index (χ4n) is 3.61. The molecule has 4 nitrogen and oxygen atoms in total. The SMILES string of the molecule is Cc1ccccc1C(=O)Nc1cnc(-c2cc3c(c(F)c2C)CCC3)cn1. The number of anilines is 1. The molecule has 1 aliphatic carbocycles. The molecule has 5 heteroatoms. The second kappa shape index (κ2) is 6.91. The summed E-state index contributed by atoms with van der Waals surface area (Å²) in [6.07, 6.45) is 5.78. The molecule has 1 aliphatic rings. The number of benzene rings is 2. The Bertz CT molecular complexity index is 1030. The van der Waals surface area contributed by atoms with Gasteiger partial charge in [-0.25, -0.2) is 9.37 Å². The Labute approximate surface area is 157 Å². The lowest BCUT2D eigenvalue weighted by Gasteiger charge is -2.12. The number of carbonyl (C=O) groups excluding carboxylic acids is 1. The number of aromatic nitrogens is 2. The van der Waals surface area contributed by atoms with Gasteiger partial charge in [-0.05, 0) is 67.5 Å². The average Bonchev–Trinajstić information content (AvgIpc) is 3.14. The molecule has 2 aromatic carbocycles. The highest BCUT2D eigenvalue weighted by Gasteiger charge is 2.21. The van der Waals surface area contributed by atoms with Crippen LogP contribution in [0.4, 0.5) is 10.2 Å². The van der Waals surface area contributed by atoms with E-state index in [-0.39, 0.29) is 11.7 Å². The molecule has 1 N–H and O–H groups in total. The second-order valence-corrected chi connectivity index (χ2v) is 6.91. The zero-order valence-corrected chi connectivity index (χ0v) is 15.3. The van der Waals surface area contributed by atoms with E-state index >= 15 is 0 Å². The number of hydrogen-bond acceptors (Lipinski definition) is 3. The third kappa shape index (κ3) is 3.21. The number of halogens is 1. The van der Waals surface area contributed by atoms with Gasteiger partial charge in [0.2, 0.25) is 0 Å². The number of aryl methyl sites for hydroxylation is 2. The summed E-state index contributed by atoms with van der Waals surface area (Å²) in [6, 6.07) is 9.38. The van der Waals surface area contributed by atoms with Crippen LogP contribution in [0.1, 0.15) is 39.0 Å². The number of hydrogen-bond donors (Lipinski definition) is 1. The quantitative estimate of drug-likeness (QED) is 0.739. The van der Waals surface area contributed by atoms with Gasteiger partial charge < -0.3 is 5.32 Å². The average molecular weight is 361 g/mol. The number of nitrogens with one attached hydrogen (secondary N) is 1. The van der Waals surface area contributed by atoms with Crippen molar-refractivity contribution in [1.82, 2.24) is 9.97 Å². The smallest absolute Gasteiger partial charge is 0.257 e. The minimum absolute atomic E-state index is 0.126. The highest BCUT2D eigenvalue weighted by molar-refractivity contribution is 6.04. The zero-order chi connectivity index (χ0) is 19.0. The largest absolute Gasteiger partial charge is 0.305 e. The minimum atomic E-state index is -0.227. The van der Waals surface area contributed by atoms with Gasteiger partial charge in [-0.15, -0.1) is 0 Å². The maximum absolute atomic E-state index is 14.6. The number of rotatable bonds is 3. The normalized spacial score (nSPS) is 12.7. The van der Waals surface area contributed by atoms with Gasteiger partial charge in [0, 0.05) is 11.1 Å². The molecule has 0 saturated carbocycles. The van der Waals surface area contributed by atoms with Crippen LogP contribution < -0.4 is 5.32 Å². The van der Waals surface area contributed by atoms with Crippen molar-refractivity contribution < 1.29 is 9.18 Å². The summed E-state index contributed by atoms with van der Waals surface area (Å²) in [5.41, 5.74) is 5.36. The molecule has 0 radical (unpaired) electrons. The monoisotopic (exact) mass is 361 g/mol. The summed E-state index contributed by atoms with van der Waals surface area (Å²) < 4.78 is 14.6. The summed E-state index contributed by atoms with van der Waals surface area (Å²) in [5.74, 6) is 0.0138. The molecule has 3 aromatic rings. The van der Waals surface area contributed by atoms with Crippen molar-refractivity contribution in [2.45, 2.75) is 33.1 Å². The first kappa shape index (κ1) is 17.3. The van der Waals surface area contributed by atoms with Gasteiger partial charge in [0.05, 0.1) is 18.1 Å². The summed E-state index contributed by atoms with van der Waals surface area (Å²) in [6.45, 7) is 3.66. The van der Waals surface area contributed by atoms with E-state index in [9.17, 15) is 9.18 Å². The van der Waals surface area contributed by atoms with E-state index in [0.29, 0.717) is 22.6 Å². The van der Waals surface area contributed by atoms with Gasteiger partial charge in [-0.3, -0.25) is 9.78 Å². The van der Waals surface area contributed by atoms with Crippen molar-refractivity contribution in [1.29, 1.82) is 0 Å². The van der Waals surface area contributed by atoms with E-state index in [1.54, 1.807) is 19.2 Å². The molecule has 1 heterocycles. The van der Waals surface area contributed by atoms with Crippen LogP contribution in [0.3, 0.4) is 0 Å². The van der Waals surface area contributed by atoms with E-state index in [1.165, 1.54) is 6.20 Å². The van der Waals surface area contributed by atoms with Crippen molar-refractivity contribution in [3.63, 3.8) is 0 Å². The van der Waals surface area contributed by atoms with Gasteiger partial charge in [-0.2, -0.15) is 0 Å². The van der Waals surface area contributed by atoms with Crippen LogP contribution in [0, 0.1) is 19.7 Å². The summed E-state index contributed by atoms with van der Waals surface area (Å²) in [4.78, 5) is 21.1. The van der Waals surface area contributed by atoms with Gasteiger partial charge >= 0.3 is 0 Å². The standard InChI is InChI=1S/C22H20FN3O/c1-13-6-3-4-8-16(13)22(27)26-20-12-24-19(11-25-20)18-10-15-7-5-9-17(15)21(23)14(18)2/h3-4,6,8,10-12H,5,7,9H2,1-2H3,(H,25,26,27). The highest BCUT2D eigenvalue weighted by atomic mass is 19.1. The molecular weight excluding hydrogens is 341 g/mol. The molecule has 0 unspecified atom stereocenters. The predicted octanol–water partition coefficient (Wildman–Crippen LogP) is 4.64. The highest BCUT2D eigenvalue weighted by Crippen LogP contribution is 2.33. The van der Waals surface area contributed by atoms with E-state index in [0.717, 1.165) is 41.5 Å². The van der Waals surface area contributed by atoms with Crippen LogP contribution in [-0.4, -0.2) is 15.9 Å². The fourth-order valence-corrected chi connectivity index (χ4v) is 3.61. The molecule has 0 atom stereocenters. The van der Waals surface area contributed by atoms with Gasteiger partial charge in [-0.1, -0.05) is 18.2 Å². The molecule has 4 rings (SSSR count). The second-order valence-electron chi connectivity index (χ2n) is 6.91.